The fraction of sp³-hybridized carbons (Fsp3) is 0.286. The molecule has 140 valence electrons. The number of anilines is 1. The number of hydrogen-bond acceptors (Lipinski definition) is 3. The van der Waals surface area contributed by atoms with Crippen LogP contribution < -0.4 is 16.0 Å². The van der Waals surface area contributed by atoms with Crippen molar-refractivity contribution in [3.8, 4) is 0 Å². The molecule has 1 atom stereocenters. The highest BCUT2D eigenvalue weighted by atomic mass is 16.2. The van der Waals surface area contributed by atoms with Gasteiger partial charge in [0.2, 0.25) is 11.8 Å². The van der Waals surface area contributed by atoms with Gasteiger partial charge in [-0.3, -0.25) is 14.4 Å². The number of nitrogens with one attached hydrogen (secondary N) is 3. The van der Waals surface area contributed by atoms with E-state index in [4.69, 9.17) is 0 Å². The summed E-state index contributed by atoms with van der Waals surface area (Å²) in [5.74, 6) is -0.502. The Bertz CT molecular complexity index is 820. The van der Waals surface area contributed by atoms with Crippen LogP contribution in [0.4, 0.5) is 5.69 Å². The maximum absolute atomic E-state index is 12.1. The van der Waals surface area contributed by atoms with E-state index in [0.29, 0.717) is 31.5 Å². The van der Waals surface area contributed by atoms with E-state index in [1.54, 1.807) is 24.3 Å². The summed E-state index contributed by atoms with van der Waals surface area (Å²) in [5, 5.41) is 8.43. The third kappa shape index (κ3) is 5.17. The molecule has 3 rings (SSSR count). The van der Waals surface area contributed by atoms with Crippen molar-refractivity contribution in [2.45, 2.75) is 19.3 Å². The molecular formula is C21H23N3O3. The van der Waals surface area contributed by atoms with Crippen LogP contribution in [0.2, 0.25) is 0 Å². The first-order valence-electron chi connectivity index (χ1n) is 9.12. The zero-order chi connectivity index (χ0) is 19.1. The second-order valence-corrected chi connectivity index (χ2v) is 6.56. The highest BCUT2D eigenvalue weighted by molar-refractivity contribution is 5.96. The molecule has 6 heteroatoms. The van der Waals surface area contributed by atoms with Gasteiger partial charge in [-0.25, -0.2) is 0 Å². The van der Waals surface area contributed by atoms with Crippen LogP contribution in [0.1, 0.15) is 28.8 Å². The van der Waals surface area contributed by atoms with Crippen LogP contribution in [0.3, 0.4) is 0 Å². The van der Waals surface area contributed by atoms with Gasteiger partial charge in [0.1, 0.15) is 0 Å². The topological polar surface area (TPSA) is 87.3 Å². The van der Waals surface area contributed by atoms with Crippen molar-refractivity contribution in [3.63, 3.8) is 0 Å². The van der Waals surface area contributed by atoms with Gasteiger partial charge in [-0.15, -0.1) is 0 Å². The van der Waals surface area contributed by atoms with Crippen LogP contribution in [0.15, 0.2) is 54.6 Å². The second-order valence-electron chi connectivity index (χ2n) is 6.56. The maximum Gasteiger partial charge on any atom is 0.251 e. The fourth-order valence-electron chi connectivity index (χ4n) is 3.11. The van der Waals surface area contributed by atoms with Crippen molar-refractivity contribution in [2.24, 2.45) is 5.92 Å². The van der Waals surface area contributed by atoms with Crippen molar-refractivity contribution in [3.05, 3.63) is 65.7 Å². The Labute approximate surface area is 158 Å². The number of carbonyl (C=O) groups is 3. The Morgan fingerprint density at radius 3 is 2.48 bits per heavy atom. The zero-order valence-corrected chi connectivity index (χ0v) is 15.0. The number of carbonyl (C=O) groups excluding carboxylic acids is 3. The average molecular weight is 365 g/mol. The average Bonchev–Trinajstić information content (AvgIpc) is 2.70. The number of amides is 3. The van der Waals surface area contributed by atoms with Gasteiger partial charge in [-0.05, 0) is 36.6 Å². The quantitative estimate of drug-likeness (QED) is 0.657. The molecule has 2 aromatic carbocycles. The largest absolute Gasteiger partial charge is 0.354 e. The molecule has 3 N–H and O–H groups in total. The van der Waals surface area contributed by atoms with E-state index in [9.17, 15) is 14.4 Å². The third-order valence-electron chi connectivity index (χ3n) is 4.60. The molecule has 0 aliphatic carbocycles. The first-order chi connectivity index (χ1) is 13.1. The first-order valence-corrected chi connectivity index (χ1v) is 9.12. The molecule has 0 spiro atoms. The molecule has 0 radical (unpaired) electrons. The minimum atomic E-state index is -0.191. The first kappa shape index (κ1) is 18.6. The van der Waals surface area contributed by atoms with Gasteiger partial charge in [-0.2, -0.15) is 0 Å². The molecule has 0 fully saturated rings. The molecule has 0 saturated carbocycles. The second kappa shape index (κ2) is 8.98. The van der Waals surface area contributed by atoms with E-state index >= 15 is 0 Å². The van der Waals surface area contributed by atoms with Crippen molar-refractivity contribution >= 4 is 23.4 Å². The van der Waals surface area contributed by atoms with Gasteiger partial charge in [0.15, 0.2) is 0 Å². The molecular weight excluding hydrogens is 342 g/mol. The lowest BCUT2D eigenvalue weighted by Crippen LogP contribution is -2.35. The van der Waals surface area contributed by atoms with Crippen LogP contribution in [0.5, 0.6) is 0 Å². The number of para-hydroxylation sites is 1. The van der Waals surface area contributed by atoms with Crippen LogP contribution >= 0.6 is 0 Å². The monoisotopic (exact) mass is 365 g/mol. The molecule has 6 nitrogen and oxygen atoms in total. The van der Waals surface area contributed by atoms with E-state index in [-0.39, 0.29) is 30.1 Å². The Hall–Kier alpha value is -3.15. The van der Waals surface area contributed by atoms with Crippen molar-refractivity contribution in [1.29, 1.82) is 0 Å². The summed E-state index contributed by atoms with van der Waals surface area (Å²) in [7, 11) is 0. The summed E-state index contributed by atoms with van der Waals surface area (Å²) in [6.45, 7) is 0.716. The fourth-order valence-corrected chi connectivity index (χ4v) is 3.11. The highest BCUT2D eigenvalue weighted by Gasteiger charge is 2.26. The Balaban J connectivity index is 1.35. The number of benzene rings is 2. The summed E-state index contributed by atoms with van der Waals surface area (Å²) < 4.78 is 0. The summed E-state index contributed by atoms with van der Waals surface area (Å²) in [5.41, 5.74) is 2.55. The van der Waals surface area contributed by atoms with Crippen molar-refractivity contribution in [2.75, 3.05) is 18.4 Å². The van der Waals surface area contributed by atoms with Crippen LogP contribution in [-0.2, 0) is 16.0 Å². The standard InChI is InChI=1S/C21H23N3O3/c25-19(22-12-13-23-20(26)15-6-2-1-3-7-15)11-10-17-14-16-8-4-5-9-18(16)24-21(17)27/h1-9,17H,10-14H2,(H,22,25)(H,23,26)(H,24,27). The molecule has 0 bridgehead atoms. The molecule has 27 heavy (non-hydrogen) atoms. The molecule has 3 amide bonds. The van der Waals surface area contributed by atoms with Crippen LogP contribution in [0.25, 0.3) is 0 Å². The van der Waals surface area contributed by atoms with Crippen LogP contribution in [0, 0.1) is 5.92 Å². The van der Waals surface area contributed by atoms with E-state index in [1.807, 2.05) is 30.3 Å². The Morgan fingerprint density at radius 1 is 0.963 bits per heavy atom. The highest BCUT2D eigenvalue weighted by Crippen LogP contribution is 2.27. The van der Waals surface area contributed by atoms with E-state index in [0.717, 1.165) is 11.3 Å². The van der Waals surface area contributed by atoms with Gasteiger partial charge in [0.25, 0.3) is 5.91 Å². The lowest BCUT2D eigenvalue weighted by atomic mass is 9.89. The van der Waals surface area contributed by atoms with E-state index < -0.39 is 0 Å². The summed E-state index contributed by atoms with van der Waals surface area (Å²) in [6, 6.07) is 16.7. The Kier molecular flexibility index (Phi) is 6.20. The van der Waals surface area contributed by atoms with Gasteiger partial charge < -0.3 is 16.0 Å². The van der Waals surface area contributed by atoms with Gasteiger partial charge in [-0.1, -0.05) is 36.4 Å². The van der Waals surface area contributed by atoms with Crippen LogP contribution in [-0.4, -0.2) is 30.8 Å². The summed E-state index contributed by atoms with van der Waals surface area (Å²) in [4.78, 5) is 36.0. The lowest BCUT2D eigenvalue weighted by Gasteiger charge is -2.24. The molecule has 1 heterocycles. The lowest BCUT2D eigenvalue weighted by molar-refractivity contribution is -0.122. The SMILES string of the molecule is O=C(CCC1Cc2ccccc2NC1=O)NCCNC(=O)c1ccccc1. The molecule has 2 aromatic rings. The predicted molar refractivity (Wildman–Crippen MR) is 103 cm³/mol. The molecule has 1 unspecified atom stereocenters. The van der Waals surface area contributed by atoms with Gasteiger partial charge in [0, 0.05) is 36.7 Å². The number of rotatable bonds is 7. The molecule has 0 saturated heterocycles. The van der Waals surface area contributed by atoms with Crippen molar-refractivity contribution in [1.82, 2.24) is 10.6 Å². The summed E-state index contributed by atoms with van der Waals surface area (Å²) >= 11 is 0. The summed E-state index contributed by atoms with van der Waals surface area (Å²) in [6.07, 6.45) is 1.44. The predicted octanol–water partition coefficient (Wildman–Crippen LogP) is 2.12. The van der Waals surface area contributed by atoms with Crippen molar-refractivity contribution < 1.29 is 14.4 Å². The zero-order valence-electron chi connectivity index (χ0n) is 15.0. The van der Waals surface area contributed by atoms with Gasteiger partial charge >= 0.3 is 0 Å². The number of fused-ring (bicyclic) bond motifs is 1. The van der Waals surface area contributed by atoms with Gasteiger partial charge in [0.05, 0.1) is 0 Å². The molecule has 1 aliphatic rings. The Morgan fingerprint density at radius 2 is 1.67 bits per heavy atom. The normalized spacial score (nSPS) is 15.4. The van der Waals surface area contributed by atoms with E-state index in [1.165, 1.54) is 0 Å². The third-order valence-corrected chi connectivity index (χ3v) is 4.60. The maximum atomic E-state index is 12.1. The van der Waals surface area contributed by atoms with E-state index in [2.05, 4.69) is 16.0 Å². The number of hydrogen-bond donors (Lipinski definition) is 3. The minimum absolute atomic E-state index is 0.0309. The molecule has 1 aliphatic heterocycles. The minimum Gasteiger partial charge on any atom is -0.354 e. The molecule has 0 aromatic heterocycles. The smallest absolute Gasteiger partial charge is 0.251 e.